The van der Waals surface area contributed by atoms with E-state index in [0.717, 1.165) is 19.4 Å². The second-order valence-corrected chi connectivity index (χ2v) is 3.97. The molecule has 1 aromatic carbocycles. The number of aryl methyl sites for hydroxylation is 2. The Hall–Kier alpha value is -1.51. The lowest BCUT2D eigenvalue weighted by Crippen LogP contribution is -2.40. The number of benzene rings is 1. The molecule has 3 heteroatoms. The Kier molecular flexibility index (Phi) is 2.62. The maximum absolute atomic E-state index is 5.88. The highest BCUT2D eigenvalue weighted by Crippen LogP contribution is 2.27. The molecule has 0 aromatic heterocycles. The van der Waals surface area contributed by atoms with Gasteiger partial charge < -0.3 is 10.6 Å². The molecule has 0 aliphatic carbocycles. The number of rotatable bonds is 0. The topological polar surface area (TPSA) is 41.6 Å². The van der Waals surface area contributed by atoms with Gasteiger partial charge in [-0.25, -0.2) is 0 Å². The van der Waals surface area contributed by atoms with Gasteiger partial charge in [-0.1, -0.05) is 17.7 Å². The van der Waals surface area contributed by atoms with E-state index in [-0.39, 0.29) is 0 Å². The number of nitrogens with zero attached hydrogens (tertiary/aromatic N) is 2. The highest BCUT2D eigenvalue weighted by atomic mass is 15.3. The first-order chi connectivity index (χ1) is 7.22. The normalized spacial score (nSPS) is 16.4. The minimum absolute atomic E-state index is 0.611. The number of anilines is 1. The summed E-state index contributed by atoms with van der Waals surface area (Å²) in [5.41, 5.74) is 9.78. The zero-order valence-electron chi connectivity index (χ0n) is 9.33. The summed E-state index contributed by atoms with van der Waals surface area (Å²) < 4.78 is 0. The van der Waals surface area contributed by atoms with Crippen molar-refractivity contribution < 1.29 is 0 Å². The first-order valence-corrected chi connectivity index (χ1v) is 5.31. The van der Waals surface area contributed by atoms with Crippen LogP contribution in [0.3, 0.4) is 0 Å². The van der Waals surface area contributed by atoms with E-state index < -0.39 is 0 Å². The van der Waals surface area contributed by atoms with Gasteiger partial charge in [-0.2, -0.15) is 0 Å². The largest absolute Gasteiger partial charge is 0.370 e. The second-order valence-electron chi connectivity index (χ2n) is 3.97. The van der Waals surface area contributed by atoms with Crippen molar-refractivity contribution in [2.24, 2.45) is 10.7 Å². The van der Waals surface area contributed by atoms with Crippen molar-refractivity contribution in [2.75, 3.05) is 18.5 Å². The van der Waals surface area contributed by atoms with Gasteiger partial charge >= 0.3 is 0 Å². The molecule has 0 bridgehead atoms. The van der Waals surface area contributed by atoms with Crippen LogP contribution in [-0.2, 0) is 6.42 Å². The first-order valence-electron chi connectivity index (χ1n) is 5.31. The Morgan fingerprint density at radius 3 is 3.00 bits per heavy atom. The van der Waals surface area contributed by atoms with Gasteiger partial charge in [0, 0.05) is 19.3 Å². The molecule has 1 aromatic rings. The molecular formula is C12H17N3. The third kappa shape index (κ3) is 1.82. The molecule has 15 heavy (non-hydrogen) atoms. The third-order valence-electron chi connectivity index (χ3n) is 2.86. The van der Waals surface area contributed by atoms with Crippen molar-refractivity contribution in [1.82, 2.24) is 0 Å². The molecule has 2 N–H and O–H groups in total. The molecule has 0 fully saturated rings. The fraction of sp³-hybridized carbons (Fsp3) is 0.417. The molecule has 3 nitrogen and oxygen atoms in total. The van der Waals surface area contributed by atoms with Gasteiger partial charge in [0.2, 0.25) is 0 Å². The van der Waals surface area contributed by atoms with E-state index in [2.05, 4.69) is 35.0 Å². The van der Waals surface area contributed by atoms with Gasteiger partial charge in [0.15, 0.2) is 5.96 Å². The smallest absolute Gasteiger partial charge is 0.195 e. The SMILES string of the molecule is CN=C(N)N1CCCc2cc(C)ccc21. The van der Waals surface area contributed by atoms with Gasteiger partial charge in [-0.15, -0.1) is 0 Å². The van der Waals surface area contributed by atoms with Gasteiger partial charge in [-0.3, -0.25) is 4.99 Å². The quantitative estimate of drug-likeness (QED) is 0.515. The average Bonchev–Trinajstić information content (AvgIpc) is 2.26. The third-order valence-corrected chi connectivity index (χ3v) is 2.86. The predicted molar refractivity (Wildman–Crippen MR) is 64.4 cm³/mol. The summed E-state index contributed by atoms with van der Waals surface area (Å²) >= 11 is 0. The summed E-state index contributed by atoms with van der Waals surface area (Å²) in [6, 6.07) is 6.51. The Morgan fingerprint density at radius 1 is 1.47 bits per heavy atom. The van der Waals surface area contributed by atoms with E-state index in [1.807, 2.05) is 0 Å². The van der Waals surface area contributed by atoms with Crippen LogP contribution in [0.15, 0.2) is 23.2 Å². The van der Waals surface area contributed by atoms with Crippen LogP contribution >= 0.6 is 0 Å². The van der Waals surface area contributed by atoms with E-state index in [0.29, 0.717) is 5.96 Å². The second kappa shape index (κ2) is 3.93. The lowest BCUT2D eigenvalue weighted by Gasteiger charge is -2.30. The molecular weight excluding hydrogens is 186 g/mol. The van der Waals surface area contributed by atoms with Crippen molar-refractivity contribution in [2.45, 2.75) is 19.8 Å². The molecule has 0 amide bonds. The van der Waals surface area contributed by atoms with Gasteiger partial charge in [0.25, 0.3) is 0 Å². The van der Waals surface area contributed by atoms with Crippen LogP contribution in [0.5, 0.6) is 0 Å². The van der Waals surface area contributed by atoms with Gasteiger partial charge in [0.05, 0.1) is 0 Å². The highest BCUT2D eigenvalue weighted by molar-refractivity contribution is 5.95. The molecule has 0 saturated heterocycles. The number of aliphatic imine (C=N–C) groups is 1. The van der Waals surface area contributed by atoms with Crippen LogP contribution in [-0.4, -0.2) is 19.6 Å². The monoisotopic (exact) mass is 203 g/mol. The number of hydrogen-bond donors (Lipinski definition) is 1. The number of nitrogens with two attached hydrogens (primary N) is 1. The van der Waals surface area contributed by atoms with Crippen LogP contribution in [0.2, 0.25) is 0 Å². The molecule has 1 heterocycles. The summed E-state index contributed by atoms with van der Waals surface area (Å²) in [4.78, 5) is 6.15. The molecule has 1 aliphatic rings. The van der Waals surface area contributed by atoms with E-state index in [4.69, 9.17) is 5.73 Å². The predicted octanol–water partition coefficient (Wildman–Crippen LogP) is 1.69. The van der Waals surface area contributed by atoms with E-state index >= 15 is 0 Å². The summed E-state index contributed by atoms with van der Waals surface area (Å²) in [5, 5.41) is 0. The molecule has 0 radical (unpaired) electrons. The van der Waals surface area contributed by atoms with Crippen LogP contribution in [0.25, 0.3) is 0 Å². The Morgan fingerprint density at radius 2 is 2.27 bits per heavy atom. The van der Waals surface area contributed by atoms with Crippen molar-refractivity contribution in [1.29, 1.82) is 0 Å². The molecule has 0 atom stereocenters. The first kappa shape index (κ1) is 10.0. The molecule has 0 spiro atoms. The van der Waals surface area contributed by atoms with Gasteiger partial charge in [-0.05, 0) is 31.4 Å². The average molecular weight is 203 g/mol. The highest BCUT2D eigenvalue weighted by Gasteiger charge is 2.18. The number of fused-ring (bicyclic) bond motifs is 1. The molecule has 2 rings (SSSR count). The minimum atomic E-state index is 0.611. The van der Waals surface area contributed by atoms with Crippen LogP contribution in [0.4, 0.5) is 5.69 Å². The zero-order chi connectivity index (χ0) is 10.8. The fourth-order valence-electron chi connectivity index (χ4n) is 2.08. The van der Waals surface area contributed by atoms with Crippen molar-refractivity contribution in [3.05, 3.63) is 29.3 Å². The maximum atomic E-state index is 5.88. The molecule has 0 unspecified atom stereocenters. The minimum Gasteiger partial charge on any atom is -0.370 e. The van der Waals surface area contributed by atoms with Crippen LogP contribution in [0.1, 0.15) is 17.5 Å². The Bertz CT molecular complexity index is 396. The maximum Gasteiger partial charge on any atom is 0.195 e. The van der Waals surface area contributed by atoms with Crippen molar-refractivity contribution >= 4 is 11.6 Å². The lowest BCUT2D eigenvalue weighted by atomic mass is 10.00. The molecule has 0 saturated carbocycles. The number of guanidine groups is 1. The van der Waals surface area contributed by atoms with Crippen molar-refractivity contribution in [3.8, 4) is 0 Å². The van der Waals surface area contributed by atoms with Gasteiger partial charge in [0.1, 0.15) is 0 Å². The Labute approximate surface area is 90.6 Å². The fourth-order valence-corrected chi connectivity index (χ4v) is 2.08. The van der Waals surface area contributed by atoms with Crippen molar-refractivity contribution in [3.63, 3.8) is 0 Å². The summed E-state index contributed by atoms with van der Waals surface area (Å²) in [6.07, 6.45) is 2.29. The van der Waals surface area contributed by atoms with E-state index in [1.54, 1.807) is 7.05 Å². The zero-order valence-corrected chi connectivity index (χ0v) is 9.33. The van der Waals surface area contributed by atoms with E-state index in [1.165, 1.54) is 16.8 Å². The number of hydrogen-bond acceptors (Lipinski definition) is 1. The summed E-state index contributed by atoms with van der Waals surface area (Å²) in [5.74, 6) is 0.611. The van der Waals surface area contributed by atoms with Crippen LogP contribution < -0.4 is 10.6 Å². The van der Waals surface area contributed by atoms with E-state index in [9.17, 15) is 0 Å². The summed E-state index contributed by atoms with van der Waals surface area (Å²) in [7, 11) is 1.73. The molecule has 1 aliphatic heterocycles. The van der Waals surface area contributed by atoms with Crippen LogP contribution in [0, 0.1) is 6.92 Å². The lowest BCUT2D eigenvalue weighted by molar-refractivity contribution is 0.773. The standard InChI is InChI=1S/C12H17N3/c1-9-5-6-11-10(8-9)4-3-7-15(11)12(13)14-2/h5-6,8H,3-4,7H2,1-2H3,(H2,13,14). The summed E-state index contributed by atoms with van der Waals surface area (Å²) in [6.45, 7) is 3.09. The molecule has 80 valence electrons. The Balaban J connectivity index is 2.43.